The van der Waals surface area contributed by atoms with Crippen molar-refractivity contribution in [3.05, 3.63) is 0 Å². The summed E-state index contributed by atoms with van der Waals surface area (Å²) in [5.74, 6) is 0.805. The lowest BCUT2D eigenvalue weighted by Gasteiger charge is -2.25. The van der Waals surface area contributed by atoms with Gasteiger partial charge in [0.15, 0.2) is 0 Å². The predicted octanol–water partition coefficient (Wildman–Crippen LogP) is 1.41. The number of rotatable bonds is 3. The molecule has 1 saturated heterocycles. The fourth-order valence-electron chi connectivity index (χ4n) is 1.39. The molecule has 0 spiro atoms. The Hall–Kier alpha value is -0.0800. The Bertz CT molecular complexity index is 99.7. The van der Waals surface area contributed by atoms with Crippen molar-refractivity contribution < 1.29 is 4.74 Å². The molecule has 0 aromatic rings. The first-order chi connectivity index (χ1) is 5.33. The molecule has 2 heteroatoms. The molecular weight excluding hydrogens is 138 g/mol. The van der Waals surface area contributed by atoms with Crippen molar-refractivity contribution >= 4 is 0 Å². The molecule has 0 aliphatic carbocycles. The van der Waals surface area contributed by atoms with Gasteiger partial charge in [0.25, 0.3) is 0 Å². The minimum absolute atomic E-state index is 0.471. The summed E-state index contributed by atoms with van der Waals surface area (Å²) in [4.78, 5) is 0. The molecule has 0 amide bonds. The molecule has 1 fully saturated rings. The monoisotopic (exact) mass is 157 g/mol. The lowest BCUT2D eigenvalue weighted by Crippen LogP contribution is -2.39. The van der Waals surface area contributed by atoms with Crippen LogP contribution < -0.4 is 5.32 Å². The Morgan fingerprint density at radius 2 is 2.45 bits per heavy atom. The van der Waals surface area contributed by atoms with Gasteiger partial charge < -0.3 is 10.1 Å². The summed E-state index contributed by atoms with van der Waals surface area (Å²) < 4.78 is 5.59. The molecular formula is C9H19NO. The summed E-state index contributed by atoms with van der Waals surface area (Å²) in [5.41, 5.74) is 0. The van der Waals surface area contributed by atoms with E-state index in [1.165, 1.54) is 12.8 Å². The minimum atomic E-state index is 0.471. The molecule has 1 N–H and O–H groups in total. The second kappa shape index (κ2) is 4.73. The first-order valence-electron chi connectivity index (χ1n) is 4.65. The molecule has 1 aliphatic rings. The number of hydrogen-bond acceptors (Lipinski definition) is 2. The molecule has 0 radical (unpaired) electrons. The molecule has 1 rings (SSSR count). The van der Waals surface area contributed by atoms with E-state index in [-0.39, 0.29) is 0 Å². The van der Waals surface area contributed by atoms with Crippen molar-refractivity contribution in [2.24, 2.45) is 5.92 Å². The Morgan fingerprint density at radius 3 is 3.00 bits per heavy atom. The van der Waals surface area contributed by atoms with Crippen LogP contribution in [0.25, 0.3) is 0 Å². The smallest absolute Gasteiger partial charge is 0.0702 e. The lowest BCUT2D eigenvalue weighted by atomic mass is 10.0. The van der Waals surface area contributed by atoms with E-state index in [1.807, 2.05) is 0 Å². The van der Waals surface area contributed by atoms with Crippen LogP contribution in [0.2, 0.25) is 0 Å². The zero-order valence-electron chi connectivity index (χ0n) is 7.60. The topological polar surface area (TPSA) is 21.3 Å². The van der Waals surface area contributed by atoms with Gasteiger partial charge in [0.1, 0.15) is 0 Å². The maximum atomic E-state index is 5.59. The Morgan fingerprint density at radius 1 is 1.64 bits per heavy atom. The van der Waals surface area contributed by atoms with Crippen molar-refractivity contribution in [2.75, 3.05) is 19.7 Å². The van der Waals surface area contributed by atoms with Gasteiger partial charge in [-0.15, -0.1) is 0 Å². The Balaban J connectivity index is 2.13. The maximum absolute atomic E-state index is 5.59. The number of ether oxygens (including phenoxy) is 1. The molecule has 11 heavy (non-hydrogen) atoms. The van der Waals surface area contributed by atoms with Gasteiger partial charge in [0.05, 0.1) is 12.7 Å². The summed E-state index contributed by atoms with van der Waals surface area (Å²) >= 11 is 0. The highest BCUT2D eigenvalue weighted by Gasteiger charge is 2.15. The van der Waals surface area contributed by atoms with Gasteiger partial charge in [-0.2, -0.15) is 0 Å². The van der Waals surface area contributed by atoms with Gasteiger partial charge in [-0.25, -0.2) is 0 Å². The van der Waals surface area contributed by atoms with Gasteiger partial charge in [-0.3, -0.25) is 0 Å². The zero-order chi connectivity index (χ0) is 8.10. The van der Waals surface area contributed by atoms with Crippen molar-refractivity contribution in [3.8, 4) is 0 Å². The Labute approximate surface area is 69.3 Å². The number of morpholine rings is 1. The van der Waals surface area contributed by atoms with Crippen LogP contribution in [0.1, 0.15) is 26.7 Å². The van der Waals surface area contributed by atoms with E-state index in [0.29, 0.717) is 6.10 Å². The third-order valence-corrected chi connectivity index (χ3v) is 2.37. The highest BCUT2D eigenvalue weighted by Crippen LogP contribution is 2.12. The van der Waals surface area contributed by atoms with E-state index >= 15 is 0 Å². The molecule has 0 aromatic carbocycles. The lowest BCUT2D eigenvalue weighted by molar-refractivity contribution is 0.0146. The molecule has 66 valence electrons. The zero-order valence-corrected chi connectivity index (χ0v) is 7.60. The summed E-state index contributed by atoms with van der Waals surface area (Å²) in [7, 11) is 0. The third kappa shape index (κ3) is 3.21. The number of hydrogen-bond donors (Lipinski definition) is 1. The van der Waals surface area contributed by atoms with Crippen LogP contribution in [-0.4, -0.2) is 25.8 Å². The quantitative estimate of drug-likeness (QED) is 0.669. The molecule has 0 aromatic heterocycles. The average Bonchev–Trinajstić information content (AvgIpc) is 2.06. The second-order valence-electron chi connectivity index (χ2n) is 3.45. The van der Waals surface area contributed by atoms with Gasteiger partial charge in [0, 0.05) is 13.1 Å². The van der Waals surface area contributed by atoms with Crippen molar-refractivity contribution in [1.29, 1.82) is 0 Å². The molecule has 1 aliphatic heterocycles. The maximum Gasteiger partial charge on any atom is 0.0702 e. The highest BCUT2D eigenvalue weighted by atomic mass is 16.5. The summed E-state index contributed by atoms with van der Waals surface area (Å²) in [6, 6.07) is 0. The first kappa shape index (κ1) is 9.01. The first-order valence-corrected chi connectivity index (χ1v) is 4.65. The van der Waals surface area contributed by atoms with E-state index < -0.39 is 0 Å². The SMILES string of the molecule is CCC(C)CC1CNCCO1. The van der Waals surface area contributed by atoms with Crippen LogP contribution in [0.3, 0.4) is 0 Å². The molecule has 0 saturated carbocycles. The van der Waals surface area contributed by atoms with E-state index in [9.17, 15) is 0 Å². The molecule has 2 atom stereocenters. The van der Waals surface area contributed by atoms with Crippen LogP contribution in [-0.2, 0) is 4.74 Å². The Kier molecular flexibility index (Phi) is 3.87. The van der Waals surface area contributed by atoms with Crippen LogP contribution in [0.5, 0.6) is 0 Å². The molecule has 1 heterocycles. The standard InChI is InChI=1S/C9H19NO/c1-3-8(2)6-9-7-10-4-5-11-9/h8-10H,3-7H2,1-2H3. The third-order valence-electron chi connectivity index (χ3n) is 2.37. The van der Waals surface area contributed by atoms with Crippen molar-refractivity contribution in [1.82, 2.24) is 5.32 Å². The van der Waals surface area contributed by atoms with E-state index in [4.69, 9.17) is 4.74 Å². The van der Waals surface area contributed by atoms with Crippen LogP contribution in [0, 0.1) is 5.92 Å². The van der Waals surface area contributed by atoms with Crippen LogP contribution in [0.4, 0.5) is 0 Å². The minimum Gasteiger partial charge on any atom is -0.376 e. The summed E-state index contributed by atoms with van der Waals surface area (Å²) in [6.07, 6.45) is 2.95. The highest BCUT2D eigenvalue weighted by molar-refractivity contribution is 4.69. The van der Waals surface area contributed by atoms with Gasteiger partial charge in [-0.05, 0) is 12.3 Å². The summed E-state index contributed by atoms with van der Waals surface area (Å²) in [5, 5.41) is 3.34. The normalized spacial score (nSPS) is 28.4. The largest absolute Gasteiger partial charge is 0.376 e. The average molecular weight is 157 g/mol. The predicted molar refractivity (Wildman–Crippen MR) is 46.7 cm³/mol. The van der Waals surface area contributed by atoms with Crippen LogP contribution >= 0.6 is 0 Å². The fraction of sp³-hybridized carbons (Fsp3) is 1.00. The van der Waals surface area contributed by atoms with Gasteiger partial charge >= 0.3 is 0 Å². The van der Waals surface area contributed by atoms with Crippen molar-refractivity contribution in [3.63, 3.8) is 0 Å². The molecule has 0 bridgehead atoms. The molecule has 2 nitrogen and oxygen atoms in total. The van der Waals surface area contributed by atoms with E-state index in [2.05, 4.69) is 19.2 Å². The number of nitrogens with one attached hydrogen (secondary N) is 1. The van der Waals surface area contributed by atoms with Crippen molar-refractivity contribution in [2.45, 2.75) is 32.8 Å². The van der Waals surface area contributed by atoms with E-state index in [0.717, 1.165) is 25.6 Å². The summed E-state index contributed by atoms with van der Waals surface area (Å²) in [6.45, 7) is 7.49. The van der Waals surface area contributed by atoms with Crippen LogP contribution in [0.15, 0.2) is 0 Å². The fourth-order valence-corrected chi connectivity index (χ4v) is 1.39. The van der Waals surface area contributed by atoms with Gasteiger partial charge in [-0.1, -0.05) is 20.3 Å². The molecule has 2 unspecified atom stereocenters. The second-order valence-corrected chi connectivity index (χ2v) is 3.45. The van der Waals surface area contributed by atoms with Gasteiger partial charge in [0.2, 0.25) is 0 Å². The van der Waals surface area contributed by atoms with E-state index in [1.54, 1.807) is 0 Å².